The van der Waals surface area contributed by atoms with E-state index in [9.17, 15) is 9.90 Å². The number of hydrogen-bond acceptors (Lipinski definition) is 4. The van der Waals surface area contributed by atoms with Gasteiger partial charge in [-0.05, 0) is 98.6 Å². The van der Waals surface area contributed by atoms with Gasteiger partial charge in [0.25, 0.3) is 0 Å². The quantitative estimate of drug-likeness (QED) is 0.304. The minimum Gasteiger partial charge on any atom is -0.497 e. The van der Waals surface area contributed by atoms with Gasteiger partial charge in [-0.3, -0.25) is 9.78 Å². The van der Waals surface area contributed by atoms with Gasteiger partial charge in [0.05, 0.1) is 18.5 Å². The molecule has 1 N–H and O–H groups in total. The van der Waals surface area contributed by atoms with Crippen LogP contribution in [0, 0.1) is 11.8 Å². The van der Waals surface area contributed by atoms with Crippen molar-refractivity contribution in [2.45, 2.75) is 38.3 Å². The number of likely N-dealkylation sites (tertiary alicyclic amines) is 1. The van der Waals surface area contributed by atoms with Crippen LogP contribution in [0.25, 0.3) is 10.9 Å². The Labute approximate surface area is 221 Å². The van der Waals surface area contributed by atoms with Crippen LogP contribution in [-0.4, -0.2) is 47.7 Å². The lowest BCUT2D eigenvalue weighted by Crippen LogP contribution is -2.44. The number of aromatic nitrogens is 1. The van der Waals surface area contributed by atoms with Gasteiger partial charge in [-0.15, -0.1) is 0 Å². The van der Waals surface area contributed by atoms with Crippen LogP contribution in [0.15, 0.2) is 48.7 Å². The third-order valence-electron chi connectivity index (χ3n) is 7.23. The Morgan fingerprint density at radius 1 is 1.25 bits per heavy atom. The Bertz CT molecular complexity index is 1190. The van der Waals surface area contributed by atoms with Crippen LogP contribution in [0.1, 0.15) is 43.0 Å². The van der Waals surface area contributed by atoms with E-state index < -0.39 is 18.1 Å². The number of fused-ring (bicyclic) bond motifs is 1. The molecule has 1 saturated heterocycles. The van der Waals surface area contributed by atoms with Gasteiger partial charge in [-0.1, -0.05) is 29.3 Å². The van der Waals surface area contributed by atoms with Crippen molar-refractivity contribution in [1.29, 1.82) is 0 Å². The number of hydrogen-bond donors (Lipinski definition) is 1. The number of aliphatic carboxylic acids is 1. The number of carboxylic acid groups (broad SMARTS) is 1. The highest BCUT2D eigenvalue weighted by Crippen LogP contribution is 2.35. The Morgan fingerprint density at radius 3 is 2.75 bits per heavy atom. The zero-order valence-electron chi connectivity index (χ0n) is 20.3. The van der Waals surface area contributed by atoms with Crippen LogP contribution < -0.4 is 4.74 Å². The van der Waals surface area contributed by atoms with E-state index in [0.29, 0.717) is 39.8 Å². The monoisotopic (exact) mass is 532 g/mol. The molecule has 0 radical (unpaired) electrons. The van der Waals surface area contributed by atoms with Crippen molar-refractivity contribution in [2.24, 2.45) is 11.8 Å². The van der Waals surface area contributed by atoms with Gasteiger partial charge >= 0.3 is 5.97 Å². The summed E-state index contributed by atoms with van der Waals surface area (Å²) in [5.41, 5.74) is 2.22. The number of nitrogens with zero attached hydrogens (tertiary/aromatic N) is 2. The molecule has 5 nitrogen and oxygen atoms in total. The Balaban J connectivity index is 1.34. The molecule has 0 bridgehead atoms. The van der Waals surface area contributed by atoms with Gasteiger partial charge in [-0.25, -0.2) is 4.39 Å². The fourth-order valence-electron chi connectivity index (χ4n) is 5.21. The number of carboxylic acids is 1. The zero-order valence-corrected chi connectivity index (χ0v) is 21.8. The Kier molecular flexibility index (Phi) is 9.04. The average Bonchev–Trinajstić information content (AvgIpc) is 2.88. The van der Waals surface area contributed by atoms with E-state index in [0.717, 1.165) is 43.3 Å². The largest absolute Gasteiger partial charge is 0.497 e. The van der Waals surface area contributed by atoms with Crippen molar-refractivity contribution in [1.82, 2.24) is 9.88 Å². The van der Waals surface area contributed by atoms with E-state index in [1.54, 1.807) is 31.5 Å². The topological polar surface area (TPSA) is 62.7 Å². The fraction of sp³-hybridized carbons (Fsp3) is 0.429. The lowest BCUT2D eigenvalue weighted by molar-refractivity contribution is -0.146. The molecule has 0 amide bonds. The van der Waals surface area contributed by atoms with Gasteiger partial charge in [-0.2, -0.15) is 0 Å². The van der Waals surface area contributed by atoms with Crippen molar-refractivity contribution < 1.29 is 19.0 Å². The maximum Gasteiger partial charge on any atom is 0.308 e. The molecule has 2 aromatic carbocycles. The summed E-state index contributed by atoms with van der Waals surface area (Å²) in [5, 5.41) is 12.0. The summed E-state index contributed by atoms with van der Waals surface area (Å²) in [7, 11) is 1.58. The molecule has 3 aromatic rings. The van der Waals surface area contributed by atoms with Crippen LogP contribution in [0.3, 0.4) is 0 Å². The third kappa shape index (κ3) is 6.28. The third-order valence-corrected chi connectivity index (χ3v) is 7.94. The normalized spacial score (nSPS) is 19.3. The Hall–Kier alpha value is -2.41. The van der Waals surface area contributed by atoms with E-state index in [4.69, 9.17) is 27.9 Å². The first-order valence-corrected chi connectivity index (χ1v) is 13.1. The molecule has 0 saturated carbocycles. The molecule has 1 aliphatic rings. The van der Waals surface area contributed by atoms with Crippen molar-refractivity contribution >= 4 is 40.1 Å². The molecule has 2 heterocycles. The number of piperidine rings is 1. The number of rotatable bonds is 10. The van der Waals surface area contributed by atoms with E-state index >= 15 is 4.39 Å². The van der Waals surface area contributed by atoms with E-state index in [2.05, 4.69) is 9.88 Å². The number of methoxy groups -OCH3 is 1. The summed E-state index contributed by atoms with van der Waals surface area (Å²) < 4.78 is 20.7. The maximum atomic E-state index is 15.4. The lowest BCUT2D eigenvalue weighted by atomic mass is 9.81. The molecule has 0 unspecified atom stereocenters. The highest BCUT2D eigenvalue weighted by molar-refractivity contribution is 6.35. The molecular weight excluding hydrogens is 502 g/mol. The van der Waals surface area contributed by atoms with E-state index in [1.807, 2.05) is 24.3 Å². The minimum absolute atomic E-state index is 0.0577. The summed E-state index contributed by atoms with van der Waals surface area (Å²) in [6.45, 7) is 2.05. The predicted molar refractivity (Wildman–Crippen MR) is 142 cm³/mol. The highest BCUT2D eigenvalue weighted by Gasteiger charge is 2.34. The predicted octanol–water partition coefficient (Wildman–Crippen LogP) is 7.00. The number of ether oxygens (including phenoxy) is 1. The fourth-order valence-corrected chi connectivity index (χ4v) is 5.80. The first-order chi connectivity index (χ1) is 17.4. The van der Waals surface area contributed by atoms with Crippen molar-refractivity contribution in [3.63, 3.8) is 0 Å². The summed E-state index contributed by atoms with van der Waals surface area (Å²) in [4.78, 5) is 18.6. The molecule has 0 aliphatic carbocycles. The zero-order chi connectivity index (χ0) is 25.7. The number of pyridine rings is 1. The second-order valence-corrected chi connectivity index (χ2v) is 10.2. The Morgan fingerprint density at radius 2 is 2.03 bits per heavy atom. The first kappa shape index (κ1) is 26.6. The molecule has 36 heavy (non-hydrogen) atoms. The molecule has 8 heteroatoms. The molecule has 1 fully saturated rings. The van der Waals surface area contributed by atoms with Gasteiger partial charge in [0.15, 0.2) is 0 Å². The van der Waals surface area contributed by atoms with Crippen LogP contribution in [0.5, 0.6) is 5.75 Å². The molecule has 0 spiro atoms. The average molecular weight is 533 g/mol. The number of alkyl halides is 1. The second-order valence-electron chi connectivity index (χ2n) is 9.43. The maximum absolute atomic E-state index is 15.4. The van der Waals surface area contributed by atoms with Crippen molar-refractivity contribution in [2.75, 3.05) is 26.7 Å². The number of benzene rings is 2. The molecule has 1 aliphatic heterocycles. The van der Waals surface area contributed by atoms with E-state index in [1.165, 1.54) is 0 Å². The first-order valence-electron chi connectivity index (χ1n) is 12.3. The van der Waals surface area contributed by atoms with Crippen molar-refractivity contribution in [3.8, 4) is 5.75 Å². The van der Waals surface area contributed by atoms with Crippen LogP contribution in [0.2, 0.25) is 10.0 Å². The van der Waals surface area contributed by atoms with Crippen LogP contribution in [0.4, 0.5) is 4.39 Å². The molecule has 4 rings (SSSR count). The summed E-state index contributed by atoms with van der Waals surface area (Å²) in [6, 6.07) is 12.6. The van der Waals surface area contributed by atoms with Gasteiger partial charge in [0, 0.05) is 28.2 Å². The molecular formula is C28H31Cl2FN2O3. The molecule has 3 atom stereocenters. The van der Waals surface area contributed by atoms with Crippen LogP contribution >= 0.6 is 23.2 Å². The second kappa shape index (κ2) is 12.2. The van der Waals surface area contributed by atoms with E-state index in [-0.39, 0.29) is 12.3 Å². The minimum atomic E-state index is -1.20. The van der Waals surface area contributed by atoms with Gasteiger partial charge in [0.2, 0.25) is 0 Å². The van der Waals surface area contributed by atoms with Crippen LogP contribution in [-0.2, 0) is 11.2 Å². The van der Waals surface area contributed by atoms with Gasteiger partial charge in [0.1, 0.15) is 11.9 Å². The smallest absolute Gasteiger partial charge is 0.308 e. The molecule has 192 valence electrons. The summed E-state index contributed by atoms with van der Waals surface area (Å²) in [6.07, 6.45) is 3.53. The van der Waals surface area contributed by atoms with Gasteiger partial charge < -0.3 is 14.7 Å². The number of halogens is 3. The lowest BCUT2D eigenvalue weighted by Gasteiger charge is -2.37. The summed E-state index contributed by atoms with van der Waals surface area (Å²) in [5.74, 6) is -0.728. The van der Waals surface area contributed by atoms with Crippen molar-refractivity contribution in [3.05, 3.63) is 69.8 Å². The highest BCUT2D eigenvalue weighted by atomic mass is 35.5. The standard InChI is InChI=1S/C28H31Cl2FN2O3/c1-36-19-8-10-27-22(16-19)20(11-13-32-27)26(31)9-7-18-12-15-33(17-23(18)28(34)35)14-3-4-21-24(29)5-2-6-25(21)30/h2,5-6,8,10-11,13,16,18,23,26H,3-4,7,9,12,14-15,17H2,1H3,(H,34,35)/t18-,23+,26+/m1/s1. The molecule has 1 aromatic heterocycles. The SMILES string of the molecule is COc1ccc2nccc([C@@H](F)CC[C@@H]3CCN(CCCc4c(Cl)cccc4Cl)C[C@@H]3C(=O)O)c2c1. The summed E-state index contributed by atoms with van der Waals surface area (Å²) >= 11 is 12.5. The number of carbonyl (C=O) groups is 1.